The summed E-state index contributed by atoms with van der Waals surface area (Å²) in [4.78, 5) is 23.3. The molecule has 110 valence electrons. The summed E-state index contributed by atoms with van der Waals surface area (Å²) in [6, 6.07) is 4.47. The number of nitrogens with zero attached hydrogens (tertiary/aromatic N) is 2. The van der Waals surface area contributed by atoms with Crippen LogP contribution in [0.25, 0.3) is 0 Å². The van der Waals surface area contributed by atoms with Crippen LogP contribution < -0.4 is 10.1 Å². The number of anilines is 1. The lowest BCUT2D eigenvalue weighted by atomic mass is 10.2. The van der Waals surface area contributed by atoms with Gasteiger partial charge in [-0.1, -0.05) is 0 Å². The predicted molar refractivity (Wildman–Crippen MR) is 76.1 cm³/mol. The van der Waals surface area contributed by atoms with Crippen LogP contribution in [0.5, 0.6) is 5.75 Å². The van der Waals surface area contributed by atoms with Crippen molar-refractivity contribution in [2.24, 2.45) is 0 Å². The van der Waals surface area contributed by atoms with Crippen molar-refractivity contribution in [2.45, 2.75) is 13.3 Å². The fraction of sp³-hybridized carbons (Fsp3) is 0.462. The molecular formula is C13H19N3O4. The van der Waals surface area contributed by atoms with E-state index in [0.717, 1.165) is 0 Å². The van der Waals surface area contributed by atoms with Gasteiger partial charge in [-0.25, -0.2) is 0 Å². The lowest BCUT2D eigenvalue weighted by Crippen LogP contribution is -2.23. The second kappa shape index (κ2) is 7.32. The van der Waals surface area contributed by atoms with E-state index in [1.165, 1.54) is 17.0 Å². The smallest absolute Gasteiger partial charge is 0.275 e. The van der Waals surface area contributed by atoms with Crippen LogP contribution in [0.4, 0.5) is 11.4 Å². The van der Waals surface area contributed by atoms with Crippen LogP contribution >= 0.6 is 0 Å². The number of nitro benzene ring substituents is 1. The Labute approximate surface area is 117 Å². The summed E-state index contributed by atoms with van der Waals surface area (Å²) in [6.07, 6.45) is 0.319. The second-order valence-corrected chi connectivity index (χ2v) is 4.37. The zero-order valence-corrected chi connectivity index (χ0v) is 11.9. The van der Waals surface area contributed by atoms with Gasteiger partial charge in [0.2, 0.25) is 5.91 Å². The minimum Gasteiger partial charge on any atom is -0.494 e. The normalized spacial score (nSPS) is 9.95. The number of rotatable bonds is 7. The van der Waals surface area contributed by atoms with Gasteiger partial charge in [-0.2, -0.15) is 0 Å². The van der Waals surface area contributed by atoms with E-state index >= 15 is 0 Å². The average Bonchev–Trinajstić information content (AvgIpc) is 2.38. The summed E-state index contributed by atoms with van der Waals surface area (Å²) in [5.41, 5.74) is 0.520. The summed E-state index contributed by atoms with van der Waals surface area (Å²) >= 11 is 0. The van der Waals surface area contributed by atoms with E-state index in [0.29, 0.717) is 31.0 Å². The van der Waals surface area contributed by atoms with Crippen LogP contribution in [-0.2, 0) is 4.79 Å². The fourth-order valence-corrected chi connectivity index (χ4v) is 1.58. The Hall–Kier alpha value is -2.31. The maximum absolute atomic E-state index is 11.4. The molecule has 1 aromatic carbocycles. The SMILES string of the molecule is CCOc1cc(NCCC(=O)N(C)C)cc([N+](=O)[O-])c1. The van der Waals surface area contributed by atoms with Crippen molar-refractivity contribution in [3.63, 3.8) is 0 Å². The molecule has 7 heteroatoms. The molecule has 0 unspecified atom stereocenters. The highest BCUT2D eigenvalue weighted by Gasteiger charge is 2.11. The number of hydrogen-bond acceptors (Lipinski definition) is 5. The zero-order chi connectivity index (χ0) is 15.1. The van der Waals surface area contributed by atoms with E-state index in [2.05, 4.69) is 5.32 Å². The molecule has 0 aliphatic heterocycles. The standard InChI is InChI=1S/C13H19N3O4/c1-4-20-12-8-10(7-11(9-12)16(18)19)14-6-5-13(17)15(2)3/h7-9,14H,4-6H2,1-3H3. The van der Waals surface area contributed by atoms with Gasteiger partial charge in [-0.05, 0) is 6.92 Å². The van der Waals surface area contributed by atoms with Crippen molar-refractivity contribution in [3.05, 3.63) is 28.3 Å². The molecule has 0 saturated carbocycles. The average molecular weight is 281 g/mol. The first-order valence-corrected chi connectivity index (χ1v) is 6.30. The van der Waals surface area contributed by atoms with Crippen molar-refractivity contribution >= 4 is 17.3 Å². The number of carbonyl (C=O) groups excluding carboxylic acids is 1. The summed E-state index contributed by atoms with van der Waals surface area (Å²) < 4.78 is 5.28. The highest BCUT2D eigenvalue weighted by atomic mass is 16.6. The number of nitro groups is 1. The molecule has 1 amide bonds. The first-order chi connectivity index (χ1) is 9.43. The fourth-order valence-electron chi connectivity index (χ4n) is 1.58. The quantitative estimate of drug-likeness (QED) is 0.609. The molecule has 1 N–H and O–H groups in total. The van der Waals surface area contributed by atoms with Gasteiger partial charge >= 0.3 is 0 Å². The Bertz CT molecular complexity index is 489. The Morgan fingerprint density at radius 1 is 1.40 bits per heavy atom. The molecule has 0 bridgehead atoms. The molecule has 1 rings (SSSR count). The third-order valence-corrected chi connectivity index (χ3v) is 2.58. The maximum atomic E-state index is 11.4. The van der Waals surface area contributed by atoms with Gasteiger partial charge in [-0.3, -0.25) is 14.9 Å². The molecule has 20 heavy (non-hydrogen) atoms. The van der Waals surface area contributed by atoms with Crippen LogP contribution in [0.3, 0.4) is 0 Å². The Morgan fingerprint density at radius 3 is 2.65 bits per heavy atom. The van der Waals surface area contributed by atoms with Crippen LogP contribution in [0, 0.1) is 10.1 Å². The molecule has 0 saturated heterocycles. The molecule has 0 heterocycles. The molecule has 0 aliphatic carbocycles. The number of hydrogen-bond donors (Lipinski definition) is 1. The van der Waals surface area contributed by atoms with E-state index in [4.69, 9.17) is 4.74 Å². The van der Waals surface area contributed by atoms with Gasteiger partial charge in [0.1, 0.15) is 5.75 Å². The molecule has 0 fully saturated rings. The van der Waals surface area contributed by atoms with E-state index in [9.17, 15) is 14.9 Å². The van der Waals surface area contributed by atoms with Gasteiger partial charge in [0.15, 0.2) is 0 Å². The van der Waals surface area contributed by atoms with E-state index in [1.54, 1.807) is 20.2 Å². The first kappa shape index (κ1) is 15.7. The lowest BCUT2D eigenvalue weighted by Gasteiger charge is -2.12. The number of benzene rings is 1. The van der Waals surface area contributed by atoms with Crippen LogP contribution in [0.2, 0.25) is 0 Å². The number of ether oxygens (including phenoxy) is 1. The van der Waals surface area contributed by atoms with Crippen molar-refractivity contribution in [1.82, 2.24) is 4.90 Å². The minimum atomic E-state index is -0.474. The van der Waals surface area contributed by atoms with Crippen molar-refractivity contribution in [1.29, 1.82) is 0 Å². The predicted octanol–water partition coefficient (Wildman–Crippen LogP) is 1.88. The number of carbonyl (C=O) groups is 1. The van der Waals surface area contributed by atoms with Gasteiger partial charge in [0.25, 0.3) is 5.69 Å². The van der Waals surface area contributed by atoms with Crippen LogP contribution in [0.15, 0.2) is 18.2 Å². The van der Waals surface area contributed by atoms with Gasteiger partial charge in [0.05, 0.1) is 17.6 Å². The molecule has 0 aromatic heterocycles. The minimum absolute atomic E-state index is 0.00652. The summed E-state index contributed by atoms with van der Waals surface area (Å²) in [5.74, 6) is 0.427. The topological polar surface area (TPSA) is 84.7 Å². The summed E-state index contributed by atoms with van der Waals surface area (Å²) in [6.45, 7) is 2.64. The molecule has 7 nitrogen and oxygen atoms in total. The molecule has 1 aromatic rings. The molecule has 0 radical (unpaired) electrons. The molecule has 0 aliphatic rings. The van der Waals surface area contributed by atoms with Crippen molar-refractivity contribution < 1.29 is 14.5 Å². The lowest BCUT2D eigenvalue weighted by molar-refractivity contribution is -0.384. The summed E-state index contributed by atoms with van der Waals surface area (Å²) in [5, 5.41) is 13.8. The Kier molecular flexibility index (Phi) is 5.76. The molecule has 0 spiro atoms. The highest BCUT2D eigenvalue weighted by Crippen LogP contribution is 2.26. The Balaban J connectivity index is 2.73. The first-order valence-electron chi connectivity index (χ1n) is 6.30. The molecular weight excluding hydrogens is 262 g/mol. The van der Waals surface area contributed by atoms with Crippen molar-refractivity contribution in [3.8, 4) is 5.75 Å². The molecule has 0 atom stereocenters. The maximum Gasteiger partial charge on any atom is 0.275 e. The second-order valence-electron chi connectivity index (χ2n) is 4.37. The number of nitrogens with one attached hydrogen (secondary N) is 1. The van der Waals surface area contributed by atoms with Crippen LogP contribution in [0.1, 0.15) is 13.3 Å². The summed E-state index contributed by atoms with van der Waals surface area (Å²) in [7, 11) is 3.37. The third kappa shape index (κ3) is 4.75. The van der Waals surface area contributed by atoms with E-state index < -0.39 is 4.92 Å². The van der Waals surface area contributed by atoms with Gasteiger partial charge < -0.3 is 15.0 Å². The van der Waals surface area contributed by atoms with Gasteiger partial charge in [0, 0.05) is 44.9 Å². The largest absolute Gasteiger partial charge is 0.494 e. The van der Waals surface area contributed by atoms with E-state index in [-0.39, 0.29) is 11.6 Å². The van der Waals surface area contributed by atoms with Crippen LogP contribution in [-0.4, -0.2) is 43.0 Å². The third-order valence-electron chi connectivity index (χ3n) is 2.58. The zero-order valence-electron chi connectivity index (χ0n) is 11.9. The monoisotopic (exact) mass is 281 g/mol. The number of non-ortho nitro benzene ring substituents is 1. The Morgan fingerprint density at radius 2 is 2.10 bits per heavy atom. The van der Waals surface area contributed by atoms with E-state index in [1.807, 2.05) is 6.92 Å². The number of amides is 1. The highest BCUT2D eigenvalue weighted by molar-refractivity contribution is 5.76. The van der Waals surface area contributed by atoms with Crippen molar-refractivity contribution in [2.75, 3.05) is 32.6 Å². The van der Waals surface area contributed by atoms with Gasteiger partial charge in [-0.15, -0.1) is 0 Å².